The average molecular weight is 712 g/mol. The molecule has 0 aliphatic rings. The lowest BCUT2D eigenvalue weighted by Gasteiger charge is -2.33. The first-order valence-corrected chi connectivity index (χ1v) is 18.1. The van der Waals surface area contributed by atoms with Crippen molar-refractivity contribution in [2.75, 3.05) is 13.3 Å². The van der Waals surface area contributed by atoms with E-state index in [4.69, 9.17) is 13.7 Å². The molecular weight excluding hydrogens is 661 g/mol. The monoisotopic (exact) mass is 711 g/mol. The first-order valence-electron chi connectivity index (χ1n) is 16.6. The SMILES string of the molecule is CCCCCC(=O)N(COP(=O)(O)O)C(Cc1ccc(OCc2coc(=O)o2)cc1)C(=O)NC(C(=O)NCCCCCC(C)=O)C(C)CC. The lowest BCUT2D eigenvalue weighted by Crippen LogP contribution is -2.57. The number of nitrogens with one attached hydrogen (secondary N) is 2. The van der Waals surface area contributed by atoms with Gasteiger partial charge in [-0.15, -0.1) is 0 Å². The Morgan fingerprint density at radius 2 is 1.67 bits per heavy atom. The Balaban J connectivity index is 2.32. The summed E-state index contributed by atoms with van der Waals surface area (Å²) in [6.45, 7) is 6.59. The van der Waals surface area contributed by atoms with E-state index in [-0.39, 0.29) is 36.9 Å². The molecule has 0 saturated carbocycles. The Bertz CT molecular complexity index is 1430. The van der Waals surface area contributed by atoms with Gasteiger partial charge in [0.2, 0.25) is 17.7 Å². The first-order chi connectivity index (χ1) is 23.2. The van der Waals surface area contributed by atoms with Crippen molar-refractivity contribution < 1.29 is 51.6 Å². The number of phosphoric acid groups is 1. The smallest absolute Gasteiger partial charge is 0.486 e. The second kappa shape index (κ2) is 21.3. The molecule has 1 heterocycles. The van der Waals surface area contributed by atoms with Gasteiger partial charge in [-0.25, -0.2) is 9.36 Å². The summed E-state index contributed by atoms with van der Waals surface area (Å²) in [5.41, 5.74) is 0.569. The van der Waals surface area contributed by atoms with Gasteiger partial charge in [-0.3, -0.25) is 18.9 Å². The number of hydrogen-bond donors (Lipinski definition) is 4. The van der Waals surface area contributed by atoms with Crippen LogP contribution >= 0.6 is 7.82 Å². The zero-order valence-corrected chi connectivity index (χ0v) is 29.6. The molecule has 15 nitrogen and oxygen atoms in total. The summed E-state index contributed by atoms with van der Waals surface area (Å²) in [6, 6.07) is 4.24. The van der Waals surface area contributed by atoms with Crippen LogP contribution in [0.5, 0.6) is 5.75 Å². The van der Waals surface area contributed by atoms with Crippen molar-refractivity contribution in [1.29, 1.82) is 0 Å². The first kappa shape index (κ1) is 41.4. The van der Waals surface area contributed by atoms with Crippen molar-refractivity contribution in [3.05, 3.63) is 52.5 Å². The number of benzene rings is 1. The molecule has 1 aromatic carbocycles. The molecule has 3 unspecified atom stereocenters. The minimum atomic E-state index is -5.03. The number of carbonyl (C=O) groups excluding carboxylic acids is 4. The maximum atomic E-state index is 14.1. The highest BCUT2D eigenvalue weighted by molar-refractivity contribution is 7.46. The number of Topliss-reactive ketones (excluding diaryl/α,β-unsaturated/α-hetero) is 1. The summed E-state index contributed by atoms with van der Waals surface area (Å²) < 4.78 is 31.4. The molecule has 3 atom stereocenters. The fourth-order valence-corrected chi connectivity index (χ4v) is 5.14. The van der Waals surface area contributed by atoms with Gasteiger partial charge in [-0.2, -0.15) is 0 Å². The van der Waals surface area contributed by atoms with Gasteiger partial charge in [-0.05, 0) is 49.8 Å². The molecule has 49 heavy (non-hydrogen) atoms. The van der Waals surface area contributed by atoms with Gasteiger partial charge >= 0.3 is 13.6 Å². The molecule has 0 fully saturated rings. The third-order valence-corrected chi connectivity index (χ3v) is 8.34. The molecule has 0 aliphatic heterocycles. The molecule has 4 N–H and O–H groups in total. The molecule has 0 radical (unpaired) electrons. The lowest BCUT2D eigenvalue weighted by atomic mass is 9.96. The molecule has 1 aromatic heterocycles. The maximum Gasteiger partial charge on any atom is 0.518 e. The second-order valence-electron chi connectivity index (χ2n) is 12.0. The van der Waals surface area contributed by atoms with Crippen molar-refractivity contribution in [3.8, 4) is 5.75 Å². The predicted octanol–water partition coefficient (Wildman–Crippen LogP) is 4.00. The highest BCUT2D eigenvalue weighted by atomic mass is 31.2. The summed E-state index contributed by atoms with van der Waals surface area (Å²) >= 11 is 0. The minimum absolute atomic E-state index is 0.0119. The largest absolute Gasteiger partial charge is 0.518 e. The van der Waals surface area contributed by atoms with E-state index in [1.807, 2.05) is 20.8 Å². The molecule has 16 heteroatoms. The number of ketones is 1. The third kappa shape index (κ3) is 16.0. The summed E-state index contributed by atoms with van der Waals surface area (Å²) in [6.07, 6.45) is 6.23. The summed E-state index contributed by atoms with van der Waals surface area (Å²) in [7, 11) is -5.03. The number of phosphoric ester groups is 1. The van der Waals surface area contributed by atoms with Gasteiger partial charge in [-0.1, -0.05) is 58.6 Å². The zero-order chi connectivity index (χ0) is 36.4. The maximum absolute atomic E-state index is 14.1. The van der Waals surface area contributed by atoms with Gasteiger partial charge < -0.3 is 43.7 Å². The predicted molar refractivity (Wildman–Crippen MR) is 178 cm³/mol. The molecule has 2 rings (SSSR count). The number of hydrogen-bond acceptors (Lipinski definition) is 10. The van der Waals surface area contributed by atoms with E-state index >= 15 is 0 Å². The van der Waals surface area contributed by atoms with E-state index in [1.165, 1.54) is 6.92 Å². The highest BCUT2D eigenvalue weighted by Gasteiger charge is 2.35. The Kier molecular flexibility index (Phi) is 18.0. The average Bonchev–Trinajstić information content (AvgIpc) is 3.47. The Morgan fingerprint density at radius 3 is 2.27 bits per heavy atom. The Morgan fingerprint density at radius 1 is 0.980 bits per heavy atom. The van der Waals surface area contributed by atoms with E-state index in [1.54, 1.807) is 24.3 Å². The Labute approximate surface area is 286 Å². The van der Waals surface area contributed by atoms with Crippen molar-refractivity contribution in [3.63, 3.8) is 0 Å². The third-order valence-electron chi connectivity index (χ3n) is 7.89. The van der Waals surface area contributed by atoms with Gasteiger partial charge in [0, 0.05) is 25.8 Å². The van der Waals surface area contributed by atoms with Crippen LogP contribution in [-0.2, 0) is 41.3 Å². The van der Waals surface area contributed by atoms with Crippen LogP contribution < -0.4 is 21.2 Å². The number of ether oxygens (including phenoxy) is 1. The zero-order valence-electron chi connectivity index (χ0n) is 28.7. The molecule has 0 spiro atoms. The lowest BCUT2D eigenvalue weighted by molar-refractivity contribution is -0.145. The topological polar surface area (TPSA) is 215 Å². The van der Waals surface area contributed by atoms with Crippen LogP contribution in [0, 0.1) is 5.92 Å². The molecule has 2 aromatic rings. The van der Waals surface area contributed by atoms with Crippen LogP contribution in [0.2, 0.25) is 0 Å². The van der Waals surface area contributed by atoms with Crippen molar-refractivity contribution >= 4 is 31.3 Å². The van der Waals surface area contributed by atoms with E-state index in [9.17, 15) is 38.3 Å². The van der Waals surface area contributed by atoms with Gasteiger partial charge in [0.25, 0.3) is 0 Å². The van der Waals surface area contributed by atoms with Crippen LogP contribution in [0.25, 0.3) is 0 Å². The molecular formula is C33H50N3O12P. The minimum Gasteiger partial charge on any atom is -0.486 e. The summed E-state index contributed by atoms with van der Waals surface area (Å²) in [5.74, 6) is -2.11. The van der Waals surface area contributed by atoms with E-state index in [0.717, 1.165) is 30.4 Å². The van der Waals surface area contributed by atoms with E-state index in [2.05, 4.69) is 15.1 Å². The Hall–Kier alpha value is -3.78. The van der Waals surface area contributed by atoms with Gasteiger partial charge in [0.05, 0.1) is 0 Å². The quantitative estimate of drug-likeness (QED) is 0.0691. The number of nitrogens with zero attached hydrogens (tertiary/aromatic N) is 1. The normalized spacial score (nSPS) is 13.3. The molecule has 0 aliphatic carbocycles. The summed E-state index contributed by atoms with van der Waals surface area (Å²) in [5, 5.41) is 5.65. The molecule has 3 amide bonds. The summed E-state index contributed by atoms with van der Waals surface area (Å²) in [4.78, 5) is 83.1. The number of rotatable bonds is 24. The van der Waals surface area contributed by atoms with Crippen LogP contribution in [0.1, 0.15) is 96.8 Å². The number of unbranched alkanes of at least 4 members (excludes halogenated alkanes) is 4. The van der Waals surface area contributed by atoms with E-state index < -0.39 is 50.2 Å². The van der Waals surface area contributed by atoms with Gasteiger partial charge in [0.15, 0.2) is 5.76 Å². The van der Waals surface area contributed by atoms with Crippen LogP contribution in [-0.4, -0.2) is 63.6 Å². The van der Waals surface area contributed by atoms with Crippen LogP contribution in [0.4, 0.5) is 0 Å². The fraction of sp³-hybridized carbons (Fsp3) is 0.606. The molecule has 274 valence electrons. The molecule has 0 bridgehead atoms. The van der Waals surface area contributed by atoms with Crippen molar-refractivity contribution in [2.45, 2.75) is 111 Å². The number of carbonyl (C=O) groups is 4. The van der Waals surface area contributed by atoms with Crippen molar-refractivity contribution in [2.24, 2.45) is 5.92 Å². The van der Waals surface area contributed by atoms with Crippen LogP contribution in [0.3, 0.4) is 0 Å². The second-order valence-corrected chi connectivity index (χ2v) is 13.2. The van der Waals surface area contributed by atoms with E-state index in [0.29, 0.717) is 50.0 Å². The number of amides is 3. The van der Waals surface area contributed by atoms with Gasteiger partial charge in [0.1, 0.15) is 43.2 Å². The highest BCUT2D eigenvalue weighted by Crippen LogP contribution is 2.36. The fourth-order valence-electron chi connectivity index (χ4n) is 4.87. The standard InChI is InChI=1S/C33H50N3O12P/c1-5-7-9-13-29(38)36(22-47-49(42,43)44)28(19-25-14-16-26(17-15-25)45-20-27-21-46-33(41)48-27)31(39)35-30(23(3)6-2)32(40)34-18-11-8-10-12-24(4)37/h14-17,21,23,28,30H,5-13,18-20,22H2,1-4H3,(H,34,40)(H,35,39)(H2,42,43,44). The van der Waals surface area contributed by atoms with Crippen molar-refractivity contribution in [1.82, 2.24) is 15.5 Å². The molecule has 0 saturated heterocycles. The van der Waals surface area contributed by atoms with Crippen LogP contribution in [0.15, 0.2) is 44.2 Å².